The molecular weight excluding hydrogens is 256 g/mol. The molecule has 0 unspecified atom stereocenters. The molecule has 1 aliphatic rings. The molecule has 4 nitrogen and oxygen atoms in total. The van der Waals surface area contributed by atoms with Crippen LogP contribution in [0.2, 0.25) is 5.02 Å². The van der Waals surface area contributed by atoms with Gasteiger partial charge < -0.3 is 19.3 Å². The predicted octanol–water partition coefficient (Wildman–Crippen LogP) is 3.13. The molecule has 18 heavy (non-hydrogen) atoms. The summed E-state index contributed by atoms with van der Waals surface area (Å²) < 4.78 is 16.5. The van der Waals surface area contributed by atoms with Crippen LogP contribution in [0.5, 0.6) is 11.5 Å². The Balaban J connectivity index is 2.28. The molecule has 1 fully saturated rings. The first kappa shape index (κ1) is 13.5. The van der Waals surface area contributed by atoms with Crippen molar-refractivity contribution < 1.29 is 19.3 Å². The van der Waals surface area contributed by atoms with Gasteiger partial charge in [-0.25, -0.2) is 0 Å². The Kier molecular flexibility index (Phi) is 3.71. The van der Waals surface area contributed by atoms with Crippen molar-refractivity contribution in [1.29, 1.82) is 0 Å². The molecule has 1 saturated heterocycles. The number of rotatable bonds is 2. The van der Waals surface area contributed by atoms with E-state index in [4.69, 9.17) is 25.8 Å². The number of phenols is 1. The topological polar surface area (TPSA) is 47.9 Å². The minimum Gasteiger partial charge on any atom is -0.504 e. The highest BCUT2D eigenvalue weighted by atomic mass is 35.5. The van der Waals surface area contributed by atoms with Crippen LogP contribution in [0.4, 0.5) is 0 Å². The fourth-order valence-electron chi connectivity index (χ4n) is 1.87. The van der Waals surface area contributed by atoms with E-state index < -0.39 is 6.29 Å². The van der Waals surface area contributed by atoms with Crippen molar-refractivity contribution in [3.8, 4) is 11.5 Å². The molecule has 2 rings (SSSR count). The number of benzene rings is 1. The van der Waals surface area contributed by atoms with Crippen molar-refractivity contribution >= 4 is 11.6 Å². The summed E-state index contributed by atoms with van der Waals surface area (Å²) in [5.74, 6) is 0.320. The standard InChI is InChI=1S/C13H17ClO4/c1-13(2)6-17-12(18-7-13)9-4-8(14)5-10(15)11(9)16-3/h4-5,12,15H,6-7H2,1-3H3. The molecule has 0 spiro atoms. The van der Waals surface area contributed by atoms with Crippen LogP contribution in [0.15, 0.2) is 12.1 Å². The molecule has 0 saturated carbocycles. The second-order valence-electron chi connectivity index (χ2n) is 5.17. The maximum atomic E-state index is 9.78. The molecule has 1 N–H and O–H groups in total. The van der Waals surface area contributed by atoms with E-state index in [1.54, 1.807) is 6.07 Å². The zero-order valence-electron chi connectivity index (χ0n) is 10.7. The second kappa shape index (κ2) is 4.96. The smallest absolute Gasteiger partial charge is 0.187 e. The minimum atomic E-state index is -0.558. The molecular formula is C13H17ClO4. The first-order chi connectivity index (χ1) is 8.43. The molecule has 0 aromatic heterocycles. The zero-order valence-corrected chi connectivity index (χ0v) is 11.5. The highest BCUT2D eigenvalue weighted by molar-refractivity contribution is 6.30. The number of phenolic OH excluding ortho intramolecular Hbond substituents is 1. The number of hydrogen-bond donors (Lipinski definition) is 1. The van der Waals surface area contributed by atoms with Gasteiger partial charge in [-0.1, -0.05) is 25.4 Å². The summed E-state index contributed by atoms with van der Waals surface area (Å²) in [5.41, 5.74) is 0.600. The molecule has 0 radical (unpaired) electrons. The zero-order chi connectivity index (χ0) is 13.3. The summed E-state index contributed by atoms with van der Waals surface area (Å²) in [5, 5.41) is 10.2. The fourth-order valence-corrected chi connectivity index (χ4v) is 2.09. The Hall–Kier alpha value is -0.970. The summed E-state index contributed by atoms with van der Waals surface area (Å²) in [4.78, 5) is 0. The molecule has 0 bridgehead atoms. The van der Waals surface area contributed by atoms with Gasteiger partial charge in [-0.2, -0.15) is 0 Å². The summed E-state index contributed by atoms with van der Waals surface area (Å²) in [7, 11) is 1.49. The van der Waals surface area contributed by atoms with Gasteiger partial charge in [-0.3, -0.25) is 0 Å². The Morgan fingerprint density at radius 1 is 1.33 bits per heavy atom. The van der Waals surface area contributed by atoms with Crippen LogP contribution >= 0.6 is 11.6 Å². The quantitative estimate of drug-likeness (QED) is 0.899. The van der Waals surface area contributed by atoms with Gasteiger partial charge in [0.05, 0.1) is 25.9 Å². The third-order valence-corrected chi connectivity index (χ3v) is 2.99. The van der Waals surface area contributed by atoms with Crippen LogP contribution in [-0.4, -0.2) is 25.4 Å². The fraction of sp³-hybridized carbons (Fsp3) is 0.538. The van der Waals surface area contributed by atoms with Crippen molar-refractivity contribution in [2.75, 3.05) is 20.3 Å². The van der Waals surface area contributed by atoms with Crippen LogP contribution in [0, 0.1) is 5.41 Å². The van der Waals surface area contributed by atoms with Gasteiger partial charge in [0.25, 0.3) is 0 Å². The highest BCUT2D eigenvalue weighted by Crippen LogP contribution is 2.41. The van der Waals surface area contributed by atoms with Crippen molar-refractivity contribution in [2.45, 2.75) is 20.1 Å². The maximum Gasteiger partial charge on any atom is 0.187 e. The average Bonchev–Trinajstić information content (AvgIpc) is 2.28. The monoisotopic (exact) mass is 272 g/mol. The van der Waals surface area contributed by atoms with Gasteiger partial charge in [0.15, 0.2) is 17.8 Å². The van der Waals surface area contributed by atoms with Gasteiger partial charge >= 0.3 is 0 Å². The SMILES string of the molecule is COc1c(O)cc(Cl)cc1C1OCC(C)(C)CO1. The van der Waals surface area contributed by atoms with Crippen molar-refractivity contribution in [1.82, 2.24) is 0 Å². The summed E-state index contributed by atoms with van der Waals surface area (Å²) in [6.07, 6.45) is -0.558. The minimum absolute atomic E-state index is 0.00957. The average molecular weight is 273 g/mol. The van der Waals surface area contributed by atoms with Gasteiger partial charge in [-0.05, 0) is 6.07 Å². The van der Waals surface area contributed by atoms with E-state index in [2.05, 4.69) is 13.8 Å². The van der Waals surface area contributed by atoms with E-state index in [-0.39, 0.29) is 11.2 Å². The lowest BCUT2D eigenvalue weighted by atomic mass is 9.95. The molecule has 0 amide bonds. The maximum absolute atomic E-state index is 9.78. The number of hydrogen-bond acceptors (Lipinski definition) is 4. The van der Waals surface area contributed by atoms with Crippen LogP contribution in [0.3, 0.4) is 0 Å². The van der Waals surface area contributed by atoms with Crippen LogP contribution in [0.1, 0.15) is 25.7 Å². The third-order valence-electron chi connectivity index (χ3n) is 2.77. The molecule has 1 aromatic rings. The van der Waals surface area contributed by atoms with E-state index in [1.165, 1.54) is 13.2 Å². The molecule has 100 valence electrons. The Labute approximate surface area is 111 Å². The molecule has 0 aliphatic carbocycles. The molecule has 1 heterocycles. The van der Waals surface area contributed by atoms with Crippen LogP contribution in [-0.2, 0) is 9.47 Å². The van der Waals surface area contributed by atoms with E-state index in [0.29, 0.717) is 29.5 Å². The van der Waals surface area contributed by atoms with E-state index in [9.17, 15) is 5.11 Å². The van der Waals surface area contributed by atoms with Crippen molar-refractivity contribution in [3.05, 3.63) is 22.7 Å². The Morgan fingerprint density at radius 3 is 2.50 bits per heavy atom. The van der Waals surface area contributed by atoms with Crippen molar-refractivity contribution in [2.24, 2.45) is 5.41 Å². The lowest BCUT2D eigenvalue weighted by molar-refractivity contribution is -0.226. The van der Waals surface area contributed by atoms with Gasteiger partial charge in [0, 0.05) is 16.5 Å². The van der Waals surface area contributed by atoms with Gasteiger partial charge in [0.2, 0.25) is 0 Å². The van der Waals surface area contributed by atoms with E-state index in [1.807, 2.05) is 0 Å². The van der Waals surface area contributed by atoms with Crippen LogP contribution in [0.25, 0.3) is 0 Å². The largest absolute Gasteiger partial charge is 0.504 e. The number of aromatic hydroxyl groups is 1. The second-order valence-corrected chi connectivity index (χ2v) is 5.60. The Bertz CT molecular complexity index is 435. The first-order valence-corrected chi connectivity index (χ1v) is 6.10. The molecule has 0 atom stereocenters. The predicted molar refractivity (Wildman–Crippen MR) is 68.1 cm³/mol. The summed E-state index contributed by atoms with van der Waals surface area (Å²) >= 11 is 5.93. The first-order valence-electron chi connectivity index (χ1n) is 5.72. The van der Waals surface area contributed by atoms with Crippen LogP contribution < -0.4 is 4.74 Å². The molecule has 1 aromatic carbocycles. The third kappa shape index (κ3) is 2.71. The summed E-state index contributed by atoms with van der Waals surface area (Å²) in [6.45, 7) is 5.29. The van der Waals surface area contributed by atoms with Crippen molar-refractivity contribution in [3.63, 3.8) is 0 Å². The normalized spacial score (nSPS) is 19.8. The van der Waals surface area contributed by atoms with Gasteiger partial charge in [-0.15, -0.1) is 0 Å². The van der Waals surface area contributed by atoms with Gasteiger partial charge in [0.1, 0.15) is 0 Å². The molecule has 1 aliphatic heterocycles. The number of methoxy groups -OCH3 is 1. The lowest BCUT2D eigenvalue weighted by Crippen LogP contribution is -2.33. The van der Waals surface area contributed by atoms with E-state index >= 15 is 0 Å². The summed E-state index contributed by atoms with van der Waals surface area (Å²) in [6, 6.07) is 3.11. The molecule has 5 heteroatoms. The number of halogens is 1. The lowest BCUT2D eigenvalue weighted by Gasteiger charge is -2.35. The van der Waals surface area contributed by atoms with E-state index in [0.717, 1.165) is 0 Å². The number of ether oxygens (including phenoxy) is 3. The Morgan fingerprint density at radius 2 is 1.94 bits per heavy atom. The highest BCUT2D eigenvalue weighted by Gasteiger charge is 2.31.